The van der Waals surface area contributed by atoms with Gasteiger partial charge in [0.15, 0.2) is 0 Å². The molecule has 0 aromatic heterocycles. The molecule has 0 aliphatic heterocycles. The molecular weight excluding hydrogens is 272 g/mol. The van der Waals surface area contributed by atoms with E-state index in [4.69, 9.17) is 5.73 Å². The van der Waals surface area contributed by atoms with Crippen LogP contribution in [0.3, 0.4) is 0 Å². The maximum atomic E-state index is 12.5. The maximum absolute atomic E-state index is 12.5. The number of hydrogen-bond acceptors (Lipinski definition) is 3. The highest BCUT2D eigenvalue weighted by Crippen LogP contribution is 2.35. The van der Waals surface area contributed by atoms with Crippen LogP contribution in [-0.4, -0.2) is 14.5 Å². The van der Waals surface area contributed by atoms with E-state index < -0.39 is 10.0 Å². The molecule has 0 bridgehead atoms. The average Bonchev–Trinajstić information content (AvgIpc) is 2.41. The van der Waals surface area contributed by atoms with Gasteiger partial charge in [-0.2, -0.15) is 0 Å². The predicted octanol–water partition coefficient (Wildman–Crippen LogP) is 2.39. The minimum atomic E-state index is -3.47. The van der Waals surface area contributed by atoms with Crippen LogP contribution in [0.1, 0.15) is 45.1 Å². The first-order chi connectivity index (χ1) is 9.34. The minimum Gasteiger partial charge on any atom is -0.326 e. The van der Waals surface area contributed by atoms with Crippen molar-refractivity contribution in [2.45, 2.75) is 57.0 Å². The minimum absolute atomic E-state index is 0.0406. The lowest BCUT2D eigenvalue weighted by atomic mass is 9.76. The smallest absolute Gasteiger partial charge is 0.241 e. The Balaban J connectivity index is 2.12. The zero-order valence-electron chi connectivity index (χ0n) is 12.2. The normalized spacial score (nSPS) is 19.9. The van der Waals surface area contributed by atoms with Crippen LogP contribution in [0.4, 0.5) is 0 Å². The van der Waals surface area contributed by atoms with Gasteiger partial charge in [0, 0.05) is 12.6 Å². The van der Waals surface area contributed by atoms with Gasteiger partial charge in [-0.1, -0.05) is 32.0 Å². The Hall–Kier alpha value is -0.910. The molecule has 1 aromatic carbocycles. The molecule has 5 heteroatoms. The van der Waals surface area contributed by atoms with Gasteiger partial charge in [0.2, 0.25) is 10.0 Å². The fourth-order valence-electron chi connectivity index (χ4n) is 2.73. The van der Waals surface area contributed by atoms with Crippen LogP contribution in [0.5, 0.6) is 0 Å². The molecule has 3 N–H and O–H groups in total. The van der Waals surface area contributed by atoms with E-state index >= 15 is 0 Å². The molecule has 4 nitrogen and oxygen atoms in total. The highest BCUT2D eigenvalue weighted by molar-refractivity contribution is 7.89. The quantitative estimate of drug-likeness (QED) is 0.896. The Kier molecular flexibility index (Phi) is 4.52. The van der Waals surface area contributed by atoms with Crippen LogP contribution in [0.15, 0.2) is 29.2 Å². The first-order valence-electron chi connectivity index (χ1n) is 7.14. The molecule has 2 rings (SSSR count). The summed E-state index contributed by atoms with van der Waals surface area (Å²) >= 11 is 0. The second-order valence-electron chi connectivity index (χ2n) is 6.37. The number of benzene rings is 1. The molecule has 0 saturated heterocycles. The molecule has 20 heavy (non-hydrogen) atoms. The van der Waals surface area contributed by atoms with Crippen molar-refractivity contribution in [1.29, 1.82) is 0 Å². The van der Waals surface area contributed by atoms with Crippen LogP contribution in [0, 0.1) is 5.41 Å². The zero-order chi connectivity index (χ0) is 14.8. The summed E-state index contributed by atoms with van der Waals surface area (Å²) in [5.74, 6) is 0. The summed E-state index contributed by atoms with van der Waals surface area (Å²) in [5.41, 5.74) is 6.62. The van der Waals surface area contributed by atoms with Crippen LogP contribution >= 0.6 is 0 Å². The molecule has 1 fully saturated rings. The summed E-state index contributed by atoms with van der Waals surface area (Å²) in [4.78, 5) is 0.312. The molecule has 1 saturated carbocycles. The van der Waals surface area contributed by atoms with Gasteiger partial charge in [0.1, 0.15) is 0 Å². The van der Waals surface area contributed by atoms with Crippen molar-refractivity contribution in [3.63, 3.8) is 0 Å². The lowest BCUT2D eigenvalue weighted by Crippen LogP contribution is -2.39. The summed E-state index contributed by atoms with van der Waals surface area (Å²) < 4.78 is 27.8. The Bertz CT molecular complexity index is 557. The van der Waals surface area contributed by atoms with Crippen molar-refractivity contribution in [1.82, 2.24) is 4.72 Å². The van der Waals surface area contributed by atoms with E-state index in [1.54, 1.807) is 18.2 Å². The third-order valence-electron chi connectivity index (χ3n) is 4.14. The molecule has 1 aromatic rings. The average molecular weight is 296 g/mol. The Morgan fingerprint density at radius 3 is 2.45 bits per heavy atom. The lowest BCUT2D eigenvalue weighted by molar-refractivity contribution is 0.218. The van der Waals surface area contributed by atoms with Gasteiger partial charge in [-0.25, -0.2) is 13.1 Å². The second-order valence-corrected chi connectivity index (χ2v) is 8.05. The Morgan fingerprint density at radius 1 is 1.25 bits per heavy atom. The van der Waals surface area contributed by atoms with Crippen LogP contribution in [-0.2, 0) is 16.6 Å². The van der Waals surface area contributed by atoms with Crippen molar-refractivity contribution in [3.8, 4) is 0 Å². The molecule has 0 radical (unpaired) electrons. The number of nitrogens with one attached hydrogen (secondary N) is 1. The Labute approximate surface area is 121 Å². The number of nitrogens with two attached hydrogens (primary N) is 1. The van der Waals surface area contributed by atoms with E-state index in [2.05, 4.69) is 18.6 Å². The lowest BCUT2D eigenvalue weighted by Gasteiger charge is -2.34. The summed E-state index contributed by atoms with van der Waals surface area (Å²) in [6.07, 6.45) is 3.91. The maximum Gasteiger partial charge on any atom is 0.241 e. The van der Waals surface area contributed by atoms with E-state index in [-0.39, 0.29) is 12.6 Å². The molecule has 0 spiro atoms. The fraction of sp³-hybridized carbons (Fsp3) is 0.600. The zero-order valence-corrected chi connectivity index (χ0v) is 13.0. The molecule has 1 aliphatic carbocycles. The molecule has 0 heterocycles. The van der Waals surface area contributed by atoms with E-state index in [1.165, 1.54) is 0 Å². The number of sulfonamides is 1. The van der Waals surface area contributed by atoms with Gasteiger partial charge in [-0.3, -0.25) is 0 Å². The number of hydrogen-bond donors (Lipinski definition) is 2. The van der Waals surface area contributed by atoms with Gasteiger partial charge in [-0.05, 0) is 42.7 Å². The predicted molar refractivity (Wildman–Crippen MR) is 80.7 cm³/mol. The van der Waals surface area contributed by atoms with Gasteiger partial charge >= 0.3 is 0 Å². The van der Waals surface area contributed by atoms with E-state index in [9.17, 15) is 8.42 Å². The summed E-state index contributed by atoms with van der Waals surface area (Å²) in [6.45, 7) is 4.71. The fourth-order valence-corrected chi connectivity index (χ4v) is 4.29. The van der Waals surface area contributed by atoms with Crippen LogP contribution < -0.4 is 10.5 Å². The monoisotopic (exact) mass is 296 g/mol. The van der Waals surface area contributed by atoms with Gasteiger partial charge in [0.05, 0.1) is 4.90 Å². The summed E-state index contributed by atoms with van der Waals surface area (Å²) in [6, 6.07) is 6.97. The van der Waals surface area contributed by atoms with E-state index in [1.807, 2.05) is 6.07 Å². The summed E-state index contributed by atoms with van der Waals surface area (Å²) in [5, 5.41) is 0. The van der Waals surface area contributed by atoms with Gasteiger partial charge in [0.25, 0.3) is 0 Å². The van der Waals surface area contributed by atoms with E-state index in [0.29, 0.717) is 15.9 Å². The van der Waals surface area contributed by atoms with Gasteiger partial charge < -0.3 is 5.73 Å². The highest BCUT2D eigenvalue weighted by atomic mass is 32.2. The molecule has 1 aliphatic rings. The standard InChI is InChI=1S/C15H24N2O2S/c1-15(2)9-7-13(8-10-15)17-20(18,19)14-6-4-3-5-12(14)11-16/h3-6,13,17H,7-11,16H2,1-2H3. The van der Waals surface area contributed by atoms with Crippen LogP contribution in [0.2, 0.25) is 0 Å². The van der Waals surface area contributed by atoms with E-state index in [0.717, 1.165) is 25.7 Å². The van der Waals surface area contributed by atoms with Gasteiger partial charge in [-0.15, -0.1) is 0 Å². The molecule has 112 valence electrons. The van der Waals surface area contributed by atoms with Crippen molar-refractivity contribution < 1.29 is 8.42 Å². The topological polar surface area (TPSA) is 72.2 Å². The highest BCUT2D eigenvalue weighted by Gasteiger charge is 2.30. The molecular formula is C15H24N2O2S. The number of rotatable bonds is 4. The molecule has 0 atom stereocenters. The van der Waals surface area contributed by atoms with Crippen molar-refractivity contribution in [2.24, 2.45) is 11.1 Å². The third kappa shape index (κ3) is 3.59. The van der Waals surface area contributed by atoms with Crippen molar-refractivity contribution in [2.75, 3.05) is 0 Å². The second kappa shape index (κ2) is 5.84. The Morgan fingerprint density at radius 2 is 1.85 bits per heavy atom. The van der Waals surface area contributed by atoms with Crippen molar-refractivity contribution >= 4 is 10.0 Å². The van der Waals surface area contributed by atoms with Crippen molar-refractivity contribution in [3.05, 3.63) is 29.8 Å². The largest absolute Gasteiger partial charge is 0.326 e. The first kappa shape index (κ1) is 15.5. The summed E-state index contributed by atoms with van der Waals surface area (Å²) in [7, 11) is -3.47. The third-order valence-corrected chi connectivity index (χ3v) is 5.76. The molecule has 0 amide bonds. The first-order valence-corrected chi connectivity index (χ1v) is 8.63. The SMILES string of the molecule is CC1(C)CCC(NS(=O)(=O)c2ccccc2CN)CC1. The molecule has 0 unspecified atom stereocenters. The van der Waals surface area contributed by atoms with Crippen LogP contribution in [0.25, 0.3) is 0 Å².